The van der Waals surface area contributed by atoms with Gasteiger partial charge in [0, 0.05) is 17.1 Å². The fourth-order valence-electron chi connectivity index (χ4n) is 0.131. The topological polar surface area (TPSA) is 0 Å². The molecule has 0 N–H and O–H groups in total. The van der Waals surface area contributed by atoms with Crippen LogP contribution in [0.15, 0.2) is 0 Å². The van der Waals surface area contributed by atoms with Gasteiger partial charge in [0.2, 0.25) is 0 Å². The first-order valence-corrected chi connectivity index (χ1v) is 2.36. The second-order valence-electron chi connectivity index (χ2n) is 0.994. The Bertz CT molecular complexity index is 80.9. The van der Waals surface area contributed by atoms with Crippen molar-refractivity contribution in [2.24, 2.45) is 0 Å². The molecule has 0 aromatic heterocycles. The van der Waals surface area contributed by atoms with Crippen LogP contribution in [0.3, 0.4) is 0 Å². The van der Waals surface area contributed by atoms with Crippen LogP contribution in [0, 0.1) is 0 Å². The van der Waals surface area contributed by atoms with Crippen LogP contribution in [-0.4, -0.2) is 11.0 Å². The molecule has 0 nitrogen and oxygen atoms in total. The van der Waals surface area contributed by atoms with Gasteiger partial charge in [-0.1, -0.05) is 0 Å². The molecule has 0 aliphatic rings. The average molecular weight is 234 g/mol. The second-order valence-corrected chi connectivity index (χ2v) is 2.12. The average Bonchev–Trinajstić information content (AvgIpc) is 1.14. The van der Waals surface area contributed by atoms with E-state index in [1.807, 2.05) is 0 Å². The van der Waals surface area contributed by atoms with Gasteiger partial charge >= 0.3 is 11.0 Å². The van der Waals surface area contributed by atoms with E-state index in [-0.39, 0.29) is 17.1 Å². The molecule has 0 rings (SSSR count). The summed E-state index contributed by atoms with van der Waals surface area (Å²) in [6, 6.07) is 0. The summed E-state index contributed by atoms with van der Waals surface area (Å²) in [5.41, 5.74) is -10.4. The van der Waals surface area contributed by atoms with Crippen LogP contribution < -0.4 is 0 Å². The summed E-state index contributed by atoms with van der Waals surface area (Å²) in [4.78, 5) is 0. The van der Waals surface area contributed by atoms with Crippen LogP contribution in [0.25, 0.3) is 0 Å². The maximum absolute atomic E-state index is 10.8. The first-order valence-electron chi connectivity index (χ1n) is 1.54. The molecule has 0 atom stereocenters. The third-order valence-electron chi connectivity index (χ3n) is 0.231. The Balaban J connectivity index is 0. The van der Waals surface area contributed by atoms with E-state index in [2.05, 4.69) is 0 Å². The monoisotopic (exact) mass is 233 g/mol. The van der Waals surface area contributed by atoms with Crippen LogP contribution >= 0.6 is 11.8 Å². The van der Waals surface area contributed by atoms with Crippen molar-refractivity contribution >= 4 is 11.8 Å². The van der Waals surface area contributed by atoms with Crippen LogP contribution in [0.5, 0.6) is 0 Å². The zero-order valence-corrected chi connectivity index (χ0v) is 5.74. The summed E-state index contributed by atoms with van der Waals surface area (Å²) in [5.74, 6) is 0. The number of thioether (sulfide) groups is 1. The van der Waals surface area contributed by atoms with Crippen LogP contribution in [0.2, 0.25) is 0 Å². The van der Waals surface area contributed by atoms with Crippen molar-refractivity contribution in [2.75, 3.05) is 0 Å². The molecule has 0 unspecified atom stereocenters. The van der Waals surface area contributed by atoms with Gasteiger partial charge in [-0.2, -0.15) is 26.3 Å². The van der Waals surface area contributed by atoms with Crippen molar-refractivity contribution in [1.82, 2.24) is 0 Å². The molecule has 0 saturated carbocycles. The zero-order chi connectivity index (χ0) is 7.71. The maximum Gasteiger partial charge on any atom is 0.450 e. The Morgan fingerprint density at radius 2 is 0.900 bits per heavy atom. The molecule has 0 aromatic rings. The predicted molar refractivity (Wildman–Crippen MR) is 19.7 cm³/mol. The number of halogens is 6. The molecule has 0 aromatic carbocycles. The molecule has 0 aliphatic carbocycles. The minimum Gasteiger partial charge on any atom is -0.160 e. The predicted octanol–water partition coefficient (Wildman–Crippen LogP) is 2.76. The van der Waals surface area contributed by atoms with Crippen molar-refractivity contribution < 1.29 is 43.4 Å². The van der Waals surface area contributed by atoms with E-state index < -0.39 is 22.8 Å². The van der Waals surface area contributed by atoms with E-state index in [0.717, 1.165) is 0 Å². The number of rotatable bonds is 0. The number of hydrogen-bond acceptors (Lipinski definition) is 1. The third kappa shape index (κ3) is 11.3. The van der Waals surface area contributed by atoms with Crippen molar-refractivity contribution in [3.8, 4) is 0 Å². The van der Waals surface area contributed by atoms with Crippen molar-refractivity contribution in [3.05, 3.63) is 0 Å². The van der Waals surface area contributed by atoms with E-state index in [4.69, 9.17) is 0 Å². The van der Waals surface area contributed by atoms with Crippen LogP contribution in [0.4, 0.5) is 26.3 Å². The first-order chi connectivity index (χ1) is 3.71. The second kappa shape index (κ2) is 3.73. The molecule has 0 spiro atoms. The first kappa shape index (κ1) is 13.1. The Kier molecular flexibility index (Phi) is 4.87. The van der Waals surface area contributed by atoms with Crippen molar-refractivity contribution in [2.45, 2.75) is 11.0 Å². The van der Waals surface area contributed by atoms with Crippen molar-refractivity contribution in [1.29, 1.82) is 0 Å². The fraction of sp³-hybridized carbons (Fsp3) is 1.00. The maximum atomic E-state index is 10.8. The van der Waals surface area contributed by atoms with E-state index in [0.29, 0.717) is 0 Å². The molecule has 0 saturated heterocycles. The van der Waals surface area contributed by atoms with E-state index in [1.54, 1.807) is 0 Å². The van der Waals surface area contributed by atoms with E-state index in [1.165, 1.54) is 0 Å². The standard InChI is InChI=1S/C2F6S.Cu/c3-1(4,5)9-2(6,7)8;. The summed E-state index contributed by atoms with van der Waals surface area (Å²) in [7, 11) is 0. The molecule has 1 radical (unpaired) electrons. The number of hydrogen-bond donors (Lipinski definition) is 0. The minimum absolute atomic E-state index is 0. The van der Waals surface area contributed by atoms with Gasteiger partial charge in [-0.3, -0.25) is 0 Å². The smallest absolute Gasteiger partial charge is 0.160 e. The van der Waals surface area contributed by atoms with Crippen LogP contribution in [-0.2, 0) is 17.1 Å². The quantitative estimate of drug-likeness (QED) is 0.458. The summed E-state index contributed by atoms with van der Waals surface area (Å²) in [6.07, 6.45) is 0. The molecular formula is C2CuF6S. The van der Waals surface area contributed by atoms with Gasteiger partial charge in [0.15, 0.2) is 0 Å². The molecular weight excluding hydrogens is 234 g/mol. The van der Waals surface area contributed by atoms with E-state index >= 15 is 0 Å². The van der Waals surface area contributed by atoms with Crippen molar-refractivity contribution in [3.63, 3.8) is 0 Å². The van der Waals surface area contributed by atoms with Gasteiger partial charge in [-0.05, 0) is 0 Å². The van der Waals surface area contributed by atoms with Gasteiger partial charge in [0.05, 0.1) is 11.8 Å². The normalized spacial score (nSPS) is 12.6. The van der Waals surface area contributed by atoms with Gasteiger partial charge in [0.25, 0.3) is 0 Å². The molecule has 0 aliphatic heterocycles. The molecule has 0 amide bonds. The summed E-state index contributed by atoms with van der Waals surface area (Å²) < 4.78 is 64.8. The third-order valence-corrected chi connectivity index (χ3v) is 0.694. The number of alkyl halides is 6. The molecule has 0 bridgehead atoms. The Morgan fingerprint density at radius 1 is 0.700 bits per heavy atom. The van der Waals surface area contributed by atoms with Gasteiger partial charge in [-0.25, -0.2) is 0 Å². The molecule has 0 heterocycles. The molecule has 67 valence electrons. The van der Waals surface area contributed by atoms with E-state index in [9.17, 15) is 26.3 Å². The Labute approximate surface area is 66.8 Å². The molecule has 0 fully saturated rings. The molecule has 8 heteroatoms. The SMILES string of the molecule is FC(F)(F)SC(F)(F)F.[Cu]. The summed E-state index contributed by atoms with van der Waals surface area (Å²) in [5, 5.41) is 0. The summed E-state index contributed by atoms with van der Waals surface area (Å²) in [6.45, 7) is 0. The van der Waals surface area contributed by atoms with Crippen LogP contribution in [0.1, 0.15) is 0 Å². The van der Waals surface area contributed by atoms with Gasteiger partial charge in [0.1, 0.15) is 0 Å². The Hall–Kier alpha value is 0.449. The van der Waals surface area contributed by atoms with Gasteiger partial charge in [-0.15, -0.1) is 0 Å². The summed E-state index contributed by atoms with van der Waals surface area (Å²) >= 11 is -1.99. The fourth-order valence-corrected chi connectivity index (χ4v) is 0.394. The minimum atomic E-state index is -5.22. The molecule has 10 heavy (non-hydrogen) atoms. The zero-order valence-electron chi connectivity index (χ0n) is 3.98. The van der Waals surface area contributed by atoms with Gasteiger partial charge < -0.3 is 0 Å². The largest absolute Gasteiger partial charge is 0.450 e. The Morgan fingerprint density at radius 3 is 0.900 bits per heavy atom.